The van der Waals surface area contributed by atoms with Crippen LogP contribution < -0.4 is 10.6 Å². The minimum atomic E-state index is -0.565. The summed E-state index contributed by atoms with van der Waals surface area (Å²) < 4.78 is 1.65. The molecule has 2 aromatic heterocycles. The van der Waals surface area contributed by atoms with Gasteiger partial charge in [0.2, 0.25) is 17.0 Å². The van der Waals surface area contributed by atoms with Crippen molar-refractivity contribution >= 4 is 29.4 Å². The van der Waals surface area contributed by atoms with Gasteiger partial charge >= 0.3 is 0 Å². The highest BCUT2D eigenvalue weighted by Crippen LogP contribution is 2.15. The lowest BCUT2D eigenvalue weighted by molar-refractivity contribution is -0.127. The van der Waals surface area contributed by atoms with E-state index >= 15 is 0 Å². The third-order valence-electron chi connectivity index (χ3n) is 3.25. The van der Waals surface area contributed by atoms with Gasteiger partial charge in [-0.15, -0.1) is 5.10 Å². The number of rotatable bonds is 7. The van der Waals surface area contributed by atoms with E-state index in [-0.39, 0.29) is 17.6 Å². The topological polar surface area (TPSA) is 101 Å². The smallest absolute Gasteiger partial charge is 0.253 e. The monoisotopic (exact) mass is 350 g/mol. The second-order valence-corrected chi connectivity index (χ2v) is 6.46. The molecule has 0 saturated heterocycles. The number of amides is 2. The predicted octanol–water partition coefficient (Wildman–Crippen LogP) is 0.864. The number of thioether (sulfide) groups is 1. The summed E-state index contributed by atoms with van der Waals surface area (Å²) in [7, 11) is 0. The maximum absolute atomic E-state index is 12.0. The van der Waals surface area contributed by atoms with E-state index in [1.165, 1.54) is 11.8 Å². The van der Waals surface area contributed by atoms with Crippen molar-refractivity contribution < 1.29 is 9.59 Å². The van der Waals surface area contributed by atoms with Crippen molar-refractivity contribution in [3.8, 4) is 0 Å². The van der Waals surface area contributed by atoms with Crippen LogP contribution >= 0.6 is 11.8 Å². The number of hydrogen-bond donors (Lipinski definition) is 2. The van der Waals surface area contributed by atoms with Crippen molar-refractivity contribution in [3.63, 3.8) is 0 Å². The standard InChI is InChI=1S/C15H22N6O2S/c1-5-6-16-13(23)11(4)18-12(22)8-24-15-19-14-17-9(2)7-10(3)21(14)20-15/h7,11H,5-6,8H2,1-4H3,(H,16,23)(H,18,22)/t11-/m0/s1. The molecule has 0 fully saturated rings. The van der Waals surface area contributed by atoms with Crippen LogP contribution in [0.15, 0.2) is 11.2 Å². The number of aromatic nitrogens is 4. The molecule has 0 aliphatic carbocycles. The molecule has 1 atom stereocenters. The Morgan fingerprint density at radius 1 is 1.33 bits per heavy atom. The summed E-state index contributed by atoms with van der Waals surface area (Å²) in [4.78, 5) is 32.3. The normalized spacial score (nSPS) is 12.2. The molecule has 8 nitrogen and oxygen atoms in total. The van der Waals surface area contributed by atoms with E-state index in [2.05, 4.69) is 25.7 Å². The molecule has 9 heteroatoms. The molecule has 2 N–H and O–H groups in total. The molecule has 0 aromatic carbocycles. The molecular weight excluding hydrogens is 328 g/mol. The van der Waals surface area contributed by atoms with E-state index < -0.39 is 6.04 Å². The molecule has 0 spiro atoms. The highest BCUT2D eigenvalue weighted by molar-refractivity contribution is 7.99. The van der Waals surface area contributed by atoms with Crippen LogP contribution in [-0.2, 0) is 9.59 Å². The van der Waals surface area contributed by atoms with E-state index in [0.717, 1.165) is 17.8 Å². The molecule has 0 unspecified atom stereocenters. The lowest BCUT2D eigenvalue weighted by Gasteiger charge is -2.13. The number of nitrogens with zero attached hydrogens (tertiary/aromatic N) is 4. The number of fused-ring (bicyclic) bond motifs is 1. The van der Waals surface area contributed by atoms with Crippen LogP contribution in [0.1, 0.15) is 31.7 Å². The molecule has 130 valence electrons. The average molecular weight is 350 g/mol. The number of hydrogen-bond acceptors (Lipinski definition) is 6. The fourth-order valence-electron chi connectivity index (χ4n) is 2.09. The van der Waals surface area contributed by atoms with E-state index in [4.69, 9.17) is 0 Å². The Morgan fingerprint density at radius 2 is 2.08 bits per heavy atom. The Morgan fingerprint density at radius 3 is 2.79 bits per heavy atom. The molecule has 2 amide bonds. The summed E-state index contributed by atoms with van der Waals surface area (Å²) in [6.07, 6.45) is 0.856. The molecule has 2 aromatic rings. The second kappa shape index (κ2) is 8.09. The van der Waals surface area contributed by atoms with Crippen molar-refractivity contribution in [1.29, 1.82) is 0 Å². The van der Waals surface area contributed by atoms with Gasteiger partial charge in [0.1, 0.15) is 6.04 Å². The maximum atomic E-state index is 12.0. The fraction of sp³-hybridized carbons (Fsp3) is 0.533. The van der Waals surface area contributed by atoms with E-state index in [9.17, 15) is 9.59 Å². The van der Waals surface area contributed by atoms with Crippen molar-refractivity contribution in [2.45, 2.75) is 45.3 Å². The number of carbonyl (C=O) groups excluding carboxylic acids is 2. The van der Waals surface area contributed by atoms with Gasteiger partial charge in [-0.3, -0.25) is 9.59 Å². The van der Waals surface area contributed by atoms with Crippen molar-refractivity contribution in [2.24, 2.45) is 0 Å². The molecule has 0 saturated carbocycles. The minimum Gasteiger partial charge on any atom is -0.354 e. The van der Waals surface area contributed by atoms with Crippen molar-refractivity contribution in [1.82, 2.24) is 30.2 Å². The Balaban J connectivity index is 1.90. The third kappa shape index (κ3) is 4.67. The second-order valence-electron chi connectivity index (χ2n) is 5.51. The summed E-state index contributed by atoms with van der Waals surface area (Å²) in [5.74, 6) is 0.235. The Kier molecular flexibility index (Phi) is 6.13. The number of carbonyl (C=O) groups is 2. The van der Waals surface area contributed by atoms with Crippen LogP contribution in [0.2, 0.25) is 0 Å². The van der Waals surface area contributed by atoms with Crippen LogP contribution in [0, 0.1) is 13.8 Å². The van der Waals surface area contributed by atoms with Crippen LogP contribution in [0.3, 0.4) is 0 Å². The highest BCUT2D eigenvalue weighted by atomic mass is 32.2. The van der Waals surface area contributed by atoms with Gasteiger partial charge in [-0.2, -0.15) is 4.98 Å². The van der Waals surface area contributed by atoms with Gasteiger partial charge in [0.15, 0.2) is 0 Å². The van der Waals surface area contributed by atoms with Crippen LogP contribution in [0.5, 0.6) is 0 Å². The summed E-state index contributed by atoms with van der Waals surface area (Å²) in [5.41, 5.74) is 1.80. The van der Waals surface area contributed by atoms with E-state index in [0.29, 0.717) is 17.5 Å². The number of nitrogens with one attached hydrogen (secondary N) is 2. The van der Waals surface area contributed by atoms with Gasteiger partial charge in [-0.05, 0) is 33.3 Å². The zero-order valence-electron chi connectivity index (χ0n) is 14.3. The first kappa shape index (κ1) is 18.2. The summed E-state index contributed by atoms with van der Waals surface area (Å²) in [5, 5.41) is 10.2. The Hall–Kier alpha value is -2.16. The van der Waals surface area contributed by atoms with Gasteiger partial charge in [0.25, 0.3) is 5.78 Å². The van der Waals surface area contributed by atoms with Crippen LogP contribution in [0.4, 0.5) is 0 Å². The Labute approximate surface area is 144 Å². The van der Waals surface area contributed by atoms with Gasteiger partial charge in [-0.1, -0.05) is 18.7 Å². The first-order valence-corrected chi connectivity index (χ1v) is 8.80. The van der Waals surface area contributed by atoms with Crippen molar-refractivity contribution in [3.05, 3.63) is 17.5 Å². The minimum absolute atomic E-state index is 0.139. The first-order valence-electron chi connectivity index (χ1n) is 7.81. The zero-order chi connectivity index (χ0) is 17.7. The summed E-state index contributed by atoms with van der Waals surface area (Å²) in [6, 6.07) is 1.35. The lowest BCUT2D eigenvalue weighted by Crippen LogP contribution is -2.45. The fourth-order valence-corrected chi connectivity index (χ4v) is 2.72. The number of aryl methyl sites for hydroxylation is 2. The molecular formula is C15H22N6O2S. The predicted molar refractivity (Wildman–Crippen MR) is 91.9 cm³/mol. The molecule has 24 heavy (non-hydrogen) atoms. The van der Waals surface area contributed by atoms with Crippen molar-refractivity contribution in [2.75, 3.05) is 12.3 Å². The highest BCUT2D eigenvalue weighted by Gasteiger charge is 2.16. The van der Waals surface area contributed by atoms with Gasteiger partial charge < -0.3 is 10.6 Å². The molecule has 0 radical (unpaired) electrons. The Bertz CT molecular complexity index is 745. The molecule has 2 rings (SSSR count). The van der Waals surface area contributed by atoms with Gasteiger partial charge in [-0.25, -0.2) is 9.50 Å². The van der Waals surface area contributed by atoms with Crippen LogP contribution in [0.25, 0.3) is 5.78 Å². The largest absolute Gasteiger partial charge is 0.354 e. The first-order chi connectivity index (χ1) is 11.4. The average Bonchev–Trinajstić information content (AvgIpc) is 2.93. The molecule has 0 aliphatic heterocycles. The summed E-state index contributed by atoms with van der Waals surface area (Å²) >= 11 is 1.21. The SMILES string of the molecule is CCCNC(=O)[C@H](C)NC(=O)CSc1nc2nc(C)cc(C)n2n1. The maximum Gasteiger partial charge on any atom is 0.253 e. The van der Waals surface area contributed by atoms with E-state index in [1.54, 1.807) is 11.4 Å². The zero-order valence-corrected chi connectivity index (χ0v) is 15.1. The van der Waals surface area contributed by atoms with Crippen LogP contribution in [-0.4, -0.2) is 49.7 Å². The molecule has 0 aliphatic rings. The molecule has 0 bridgehead atoms. The van der Waals surface area contributed by atoms with Gasteiger partial charge in [0.05, 0.1) is 5.75 Å². The quantitative estimate of drug-likeness (QED) is 0.719. The summed E-state index contributed by atoms with van der Waals surface area (Å²) in [6.45, 7) is 8.05. The van der Waals surface area contributed by atoms with Gasteiger partial charge in [0, 0.05) is 17.9 Å². The third-order valence-corrected chi connectivity index (χ3v) is 4.09. The molecule has 2 heterocycles. The lowest BCUT2D eigenvalue weighted by atomic mass is 10.3. The van der Waals surface area contributed by atoms with E-state index in [1.807, 2.05) is 26.8 Å².